The normalized spacial score (nSPS) is 10.9. The van der Waals surface area contributed by atoms with E-state index in [4.69, 9.17) is 0 Å². The molecule has 0 bridgehead atoms. The summed E-state index contributed by atoms with van der Waals surface area (Å²) in [4.78, 5) is 15.3. The topological polar surface area (TPSA) is 84.3 Å². The molecule has 0 aliphatic carbocycles. The molecule has 3 aromatic rings. The maximum Gasteiger partial charge on any atom is 0.182 e. The van der Waals surface area contributed by atoms with E-state index >= 15 is 0 Å². The van der Waals surface area contributed by atoms with Gasteiger partial charge in [-0.2, -0.15) is 5.10 Å². The van der Waals surface area contributed by atoms with Crippen molar-refractivity contribution in [3.05, 3.63) is 30.6 Å². The summed E-state index contributed by atoms with van der Waals surface area (Å²) in [5.74, 6) is 0.747. The minimum atomic E-state index is 0.661. The lowest BCUT2D eigenvalue weighted by Crippen LogP contribution is -2.01. The van der Waals surface area contributed by atoms with E-state index < -0.39 is 0 Å². The van der Waals surface area contributed by atoms with E-state index in [2.05, 4.69) is 30.4 Å². The van der Waals surface area contributed by atoms with Crippen molar-refractivity contribution < 1.29 is 0 Å². The van der Waals surface area contributed by atoms with Crippen molar-refractivity contribution in [2.45, 2.75) is 6.54 Å². The number of H-pyrrole nitrogens is 1. The molecule has 0 fully saturated rings. The summed E-state index contributed by atoms with van der Waals surface area (Å²) < 4.78 is 1.77. The molecule has 0 aromatic carbocycles. The SMILES string of the molecule is Cn1cc(CNc2ncnc3nc[nH]c23)cn1. The lowest BCUT2D eigenvalue weighted by molar-refractivity contribution is 0.767. The molecule has 3 rings (SSSR count). The van der Waals surface area contributed by atoms with Gasteiger partial charge in [0.15, 0.2) is 11.5 Å². The molecule has 0 aliphatic heterocycles. The summed E-state index contributed by atoms with van der Waals surface area (Å²) in [5, 5.41) is 7.33. The predicted octanol–water partition coefficient (Wildman–Crippen LogP) is 0.699. The first-order chi connectivity index (χ1) is 8.33. The third kappa shape index (κ3) is 1.82. The zero-order valence-corrected chi connectivity index (χ0v) is 9.25. The van der Waals surface area contributed by atoms with Gasteiger partial charge in [0, 0.05) is 25.4 Å². The van der Waals surface area contributed by atoms with Crippen LogP contribution in [0.5, 0.6) is 0 Å². The van der Waals surface area contributed by atoms with Gasteiger partial charge in [-0.05, 0) is 0 Å². The van der Waals surface area contributed by atoms with Gasteiger partial charge in [0.1, 0.15) is 11.8 Å². The van der Waals surface area contributed by atoms with Crippen LogP contribution in [0.3, 0.4) is 0 Å². The van der Waals surface area contributed by atoms with Crippen LogP contribution in [0.25, 0.3) is 11.2 Å². The molecule has 0 amide bonds. The van der Waals surface area contributed by atoms with Crippen molar-refractivity contribution in [2.24, 2.45) is 7.05 Å². The van der Waals surface area contributed by atoms with Crippen LogP contribution >= 0.6 is 0 Å². The van der Waals surface area contributed by atoms with Crippen molar-refractivity contribution in [2.75, 3.05) is 5.32 Å². The molecule has 7 heteroatoms. The first-order valence-corrected chi connectivity index (χ1v) is 5.18. The predicted molar refractivity (Wildman–Crippen MR) is 62.2 cm³/mol. The lowest BCUT2D eigenvalue weighted by Gasteiger charge is -2.03. The maximum atomic E-state index is 4.18. The van der Waals surface area contributed by atoms with Crippen molar-refractivity contribution in [1.29, 1.82) is 0 Å². The van der Waals surface area contributed by atoms with Crippen molar-refractivity contribution >= 4 is 17.0 Å². The fraction of sp³-hybridized carbons (Fsp3) is 0.200. The third-order valence-electron chi connectivity index (χ3n) is 2.44. The summed E-state index contributed by atoms with van der Waals surface area (Å²) in [7, 11) is 1.89. The van der Waals surface area contributed by atoms with Crippen molar-refractivity contribution in [1.82, 2.24) is 29.7 Å². The van der Waals surface area contributed by atoms with Crippen LogP contribution in [0.1, 0.15) is 5.56 Å². The highest BCUT2D eigenvalue weighted by Crippen LogP contribution is 2.15. The number of aromatic amines is 1. The molecule has 17 heavy (non-hydrogen) atoms. The average molecular weight is 229 g/mol. The van der Waals surface area contributed by atoms with Gasteiger partial charge < -0.3 is 10.3 Å². The Morgan fingerprint density at radius 2 is 2.29 bits per heavy atom. The van der Waals surface area contributed by atoms with E-state index in [0.717, 1.165) is 16.9 Å². The van der Waals surface area contributed by atoms with Crippen LogP contribution < -0.4 is 5.32 Å². The Bertz CT molecular complexity index is 639. The van der Waals surface area contributed by atoms with Crippen LogP contribution in [0.4, 0.5) is 5.82 Å². The number of aryl methyl sites for hydroxylation is 1. The van der Waals surface area contributed by atoms with Crippen LogP contribution in [-0.4, -0.2) is 29.7 Å². The van der Waals surface area contributed by atoms with E-state index in [1.54, 1.807) is 11.0 Å². The number of rotatable bonds is 3. The van der Waals surface area contributed by atoms with Gasteiger partial charge in [-0.3, -0.25) is 4.68 Å². The minimum absolute atomic E-state index is 0.661. The molecule has 0 radical (unpaired) electrons. The standard InChI is InChI=1S/C10H11N7/c1-17-4-7(3-16-17)2-11-9-8-10(13-5-12-8)15-6-14-9/h3-6H,2H2,1H3,(H2,11,12,13,14,15). The quantitative estimate of drug-likeness (QED) is 0.690. The number of fused-ring (bicyclic) bond motifs is 1. The average Bonchev–Trinajstić information content (AvgIpc) is 2.94. The van der Waals surface area contributed by atoms with Gasteiger partial charge in [-0.15, -0.1) is 0 Å². The third-order valence-corrected chi connectivity index (χ3v) is 2.44. The van der Waals surface area contributed by atoms with Crippen LogP contribution in [0.15, 0.2) is 25.0 Å². The highest BCUT2D eigenvalue weighted by atomic mass is 15.2. The number of hydrogen-bond donors (Lipinski definition) is 2. The number of nitrogens with zero attached hydrogens (tertiary/aromatic N) is 5. The summed E-state index contributed by atoms with van der Waals surface area (Å²) in [6.07, 6.45) is 6.88. The van der Waals surface area contributed by atoms with Gasteiger partial charge >= 0.3 is 0 Å². The monoisotopic (exact) mass is 229 g/mol. The van der Waals surface area contributed by atoms with Crippen molar-refractivity contribution in [3.8, 4) is 0 Å². The molecule has 7 nitrogen and oxygen atoms in total. The van der Waals surface area contributed by atoms with E-state index in [1.165, 1.54) is 6.33 Å². The Hall–Kier alpha value is -2.44. The van der Waals surface area contributed by atoms with Gasteiger partial charge in [0.2, 0.25) is 0 Å². The Balaban J connectivity index is 1.83. The molecule has 0 saturated heterocycles. The van der Waals surface area contributed by atoms with Gasteiger partial charge in [0.05, 0.1) is 12.5 Å². The maximum absolute atomic E-state index is 4.18. The number of hydrogen-bond acceptors (Lipinski definition) is 5. The number of aromatic nitrogens is 6. The van der Waals surface area contributed by atoms with Gasteiger partial charge in [0.25, 0.3) is 0 Å². The molecule has 0 saturated carbocycles. The highest BCUT2D eigenvalue weighted by Gasteiger charge is 2.05. The molecule has 0 unspecified atom stereocenters. The largest absolute Gasteiger partial charge is 0.364 e. The summed E-state index contributed by atoms with van der Waals surface area (Å²) in [6.45, 7) is 0.666. The number of nitrogens with one attached hydrogen (secondary N) is 2. The zero-order valence-electron chi connectivity index (χ0n) is 9.25. The van der Waals surface area contributed by atoms with Crippen LogP contribution in [-0.2, 0) is 13.6 Å². The number of anilines is 1. The summed E-state index contributed by atoms with van der Waals surface area (Å²) in [6, 6.07) is 0. The second kappa shape index (κ2) is 3.85. The van der Waals surface area contributed by atoms with Gasteiger partial charge in [-0.25, -0.2) is 15.0 Å². The second-order valence-electron chi connectivity index (χ2n) is 3.70. The molecule has 86 valence electrons. The van der Waals surface area contributed by atoms with Crippen molar-refractivity contribution in [3.63, 3.8) is 0 Å². The molecular formula is C10H11N7. The first-order valence-electron chi connectivity index (χ1n) is 5.18. The fourth-order valence-electron chi connectivity index (χ4n) is 1.65. The van der Waals surface area contributed by atoms with E-state index in [9.17, 15) is 0 Å². The summed E-state index contributed by atoms with van der Waals surface area (Å²) in [5.41, 5.74) is 2.57. The summed E-state index contributed by atoms with van der Waals surface area (Å²) >= 11 is 0. The van der Waals surface area contributed by atoms with Gasteiger partial charge in [-0.1, -0.05) is 0 Å². The molecule has 3 heterocycles. The Morgan fingerprint density at radius 3 is 3.12 bits per heavy atom. The zero-order chi connectivity index (χ0) is 11.7. The second-order valence-corrected chi connectivity index (χ2v) is 3.70. The van der Waals surface area contributed by atoms with E-state index in [-0.39, 0.29) is 0 Å². The first kappa shape index (κ1) is 9.76. The Labute approximate surface area is 96.9 Å². The highest BCUT2D eigenvalue weighted by molar-refractivity contribution is 5.81. The Morgan fingerprint density at radius 1 is 1.35 bits per heavy atom. The van der Waals surface area contributed by atoms with Crippen LogP contribution in [0, 0.1) is 0 Å². The van der Waals surface area contributed by atoms with Crippen LogP contribution in [0.2, 0.25) is 0 Å². The fourth-order valence-corrected chi connectivity index (χ4v) is 1.65. The molecule has 0 spiro atoms. The molecule has 2 N–H and O–H groups in total. The van der Waals surface area contributed by atoms with E-state index in [1.807, 2.05) is 19.4 Å². The minimum Gasteiger partial charge on any atom is -0.364 e. The van der Waals surface area contributed by atoms with E-state index in [0.29, 0.717) is 12.2 Å². The lowest BCUT2D eigenvalue weighted by atomic mass is 10.3. The molecular weight excluding hydrogens is 218 g/mol. The molecule has 3 aromatic heterocycles. The smallest absolute Gasteiger partial charge is 0.182 e. The molecule has 0 aliphatic rings. The molecule has 0 atom stereocenters. The number of imidazole rings is 1. The Kier molecular flexibility index (Phi) is 2.21.